The van der Waals surface area contributed by atoms with Crippen LogP contribution in [0.15, 0.2) is 64.2 Å². The molecule has 10 nitrogen and oxygen atoms in total. The summed E-state index contributed by atoms with van der Waals surface area (Å²) >= 11 is 0.749. The van der Waals surface area contributed by atoms with Gasteiger partial charge in [-0.15, -0.1) is 5.10 Å². The van der Waals surface area contributed by atoms with Gasteiger partial charge in [-0.3, -0.25) is 10.2 Å². The molecule has 0 aromatic heterocycles. The molecule has 2 heterocycles. The fourth-order valence-corrected chi connectivity index (χ4v) is 4.75. The normalized spacial score (nSPS) is 16.6. The van der Waals surface area contributed by atoms with E-state index in [4.69, 9.17) is 19.6 Å². The van der Waals surface area contributed by atoms with Crippen molar-refractivity contribution in [2.75, 3.05) is 26.6 Å². The van der Waals surface area contributed by atoms with Crippen LogP contribution < -0.4 is 14.2 Å². The van der Waals surface area contributed by atoms with Gasteiger partial charge in [-0.2, -0.15) is 10.0 Å². The zero-order chi connectivity index (χ0) is 25.0. The summed E-state index contributed by atoms with van der Waals surface area (Å²) in [4.78, 5) is 16.3. The molecule has 2 aliphatic rings. The second-order valence-electron chi connectivity index (χ2n) is 7.45. The quantitative estimate of drug-likeness (QED) is 0.420. The van der Waals surface area contributed by atoms with Crippen LogP contribution in [0.25, 0.3) is 6.08 Å². The first-order chi connectivity index (χ1) is 16.7. The number of nitrogens with one attached hydrogen (secondary N) is 1. The summed E-state index contributed by atoms with van der Waals surface area (Å²) in [5, 5.41) is 13.3. The summed E-state index contributed by atoms with van der Waals surface area (Å²) in [6, 6.07) is 14.4. The lowest BCUT2D eigenvalue weighted by molar-refractivity contribution is -0.114. The highest BCUT2D eigenvalue weighted by molar-refractivity contribution is 8.42. The van der Waals surface area contributed by atoms with E-state index in [9.17, 15) is 13.2 Å². The molecule has 0 unspecified atom stereocenters. The number of carbonyl (C=O) groups excluding carboxylic acids is 1. The summed E-state index contributed by atoms with van der Waals surface area (Å²) in [5.74, 6) is 1.32. The van der Waals surface area contributed by atoms with Gasteiger partial charge < -0.3 is 14.2 Å². The van der Waals surface area contributed by atoms with Crippen molar-refractivity contribution in [2.24, 2.45) is 10.1 Å². The number of thioether (sulfide) groups is 1. The average molecular weight is 515 g/mol. The number of aliphatic imine (C=N–C) groups is 1. The number of carbonyl (C=O) groups is 1. The number of amidine groups is 2. The van der Waals surface area contributed by atoms with Crippen LogP contribution in [0.2, 0.25) is 0 Å². The van der Waals surface area contributed by atoms with Crippen molar-refractivity contribution in [3.63, 3.8) is 0 Å². The Hall–Kier alpha value is -3.64. The molecule has 35 heavy (non-hydrogen) atoms. The zero-order valence-electron chi connectivity index (χ0n) is 18.9. The predicted molar refractivity (Wildman–Crippen MR) is 135 cm³/mol. The summed E-state index contributed by atoms with van der Waals surface area (Å²) in [7, 11) is -1.96. The van der Waals surface area contributed by atoms with Gasteiger partial charge in [-0.05, 0) is 59.8 Å². The number of hydrogen-bond donors (Lipinski definition) is 1. The molecule has 2 aromatic carbocycles. The number of nitrogens with zero attached hydrogens (tertiary/aromatic N) is 3. The topological polar surface area (TPSA) is 131 Å². The number of hydrazone groups is 1. The largest absolute Gasteiger partial charge is 0.497 e. The van der Waals surface area contributed by atoms with Crippen molar-refractivity contribution < 1.29 is 27.4 Å². The Labute approximate surface area is 206 Å². The third-order valence-electron chi connectivity index (χ3n) is 4.83. The first-order valence-corrected chi connectivity index (χ1v) is 13.2. The van der Waals surface area contributed by atoms with Crippen molar-refractivity contribution in [1.82, 2.24) is 5.01 Å². The van der Waals surface area contributed by atoms with Crippen molar-refractivity contribution >= 4 is 49.0 Å². The van der Waals surface area contributed by atoms with E-state index >= 15 is 0 Å². The number of sulfone groups is 1. The minimum atomic E-state index is -3.57. The van der Waals surface area contributed by atoms with Gasteiger partial charge in [0.05, 0.1) is 25.9 Å². The molecule has 0 radical (unpaired) electrons. The summed E-state index contributed by atoms with van der Waals surface area (Å²) in [5.41, 5.74) is 0.670. The molecule has 0 atom stereocenters. The SMILES string of the molecule is COc1ccc(OCCCOc2ccc(/C=C3\C(=N)N4N=C(S(C)(=O)=O)SC4=NC3=O)cc2)cc1. The van der Waals surface area contributed by atoms with Gasteiger partial charge in [0.2, 0.25) is 19.4 Å². The van der Waals surface area contributed by atoms with Gasteiger partial charge in [0, 0.05) is 12.7 Å². The number of ether oxygens (including phenoxy) is 3. The van der Waals surface area contributed by atoms with Crippen LogP contribution in [0.5, 0.6) is 17.2 Å². The minimum absolute atomic E-state index is 0.0113. The number of amides is 1. The molecule has 2 aliphatic heterocycles. The maximum absolute atomic E-state index is 12.4. The molecule has 12 heteroatoms. The molecule has 0 fully saturated rings. The lowest BCUT2D eigenvalue weighted by Gasteiger charge is -2.20. The second-order valence-corrected chi connectivity index (χ2v) is 10.6. The van der Waals surface area contributed by atoms with Gasteiger partial charge in [-0.1, -0.05) is 12.1 Å². The van der Waals surface area contributed by atoms with E-state index in [1.807, 2.05) is 24.3 Å². The molecule has 0 saturated heterocycles. The second kappa shape index (κ2) is 10.3. The average Bonchev–Trinajstić information content (AvgIpc) is 3.28. The Morgan fingerprint density at radius 1 is 1.00 bits per heavy atom. The molecule has 1 amide bonds. The van der Waals surface area contributed by atoms with E-state index in [0.29, 0.717) is 30.9 Å². The van der Waals surface area contributed by atoms with Crippen LogP contribution >= 0.6 is 11.8 Å². The van der Waals surface area contributed by atoms with Gasteiger partial charge >= 0.3 is 0 Å². The maximum atomic E-state index is 12.4. The third kappa shape index (κ3) is 5.89. The van der Waals surface area contributed by atoms with Crippen molar-refractivity contribution in [1.29, 1.82) is 5.41 Å². The molecule has 0 bridgehead atoms. The highest BCUT2D eigenvalue weighted by Gasteiger charge is 2.38. The molecule has 0 saturated carbocycles. The number of fused-ring (bicyclic) bond motifs is 1. The lowest BCUT2D eigenvalue weighted by atomic mass is 10.1. The zero-order valence-corrected chi connectivity index (χ0v) is 20.6. The predicted octanol–water partition coefficient (Wildman–Crippen LogP) is 3.16. The standard InChI is InChI=1S/C23H22N4O6S2/c1-31-16-8-10-18(11-9-16)33-13-3-12-32-17-6-4-15(5-7-17)14-19-20(24)27-22(25-21(19)28)34-23(26-27)35(2,29)30/h4-11,14,24H,3,12-13H2,1-2H3/b19-14+,24-20?. The lowest BCUT2D eigenvalue weighted by Crippen LogP contribution is -2.35. The van der Waals surface area contributed by atoms with Gasteiger partial charge in [-0.25, -0.2) is 8.42 Å². The Morgan fingerprint density at radius 2 is 1.57 bits per heavy atom. The molecule has 4 rings (SSSR count). The van der Waals surface area contributed by atoms with E-state index in [1.165, 1.54) is 6.08 Å². The Balaban J connectivity index is 1.31. The van der Waals surface area contributed by atoms with E-state index < -0.39 is 15.7 Å². The first-order valence-electron chi connectivity index (χ1n) is 10.4. The van der Waals surface area contributed by atoms with E-state index in [-0.39, 0.29) is 21.0 Å². The van der Waals surface area contributed by atoms with Crippen molar-refractivity contribution in [2.45, 2.75) is 6.42 Å². The van der Waals surface area contributed by atoms with Crippen LogP contribution in [0.4, 0.5) is 0 Å². The fourth-order valence-electron chi connectivity index (χ4n) is 3.06. The smallest absolute Gasteiger partial charge is 0.283 e. The summed E-state index contributed by atoms with van der Waals surface area (Å²) in [6.45, 7) is 0.964. The van der Waals surface area contributed by atoms with Crippen molar-refractivity contribution in [3.8, 4) is 17.2 Å². The van der Waals surface area contributed by atoms with Crippen LogP contribution in [-0.2, 0) is 14.6 Å². The summed E-state index contributed by atoms with van der Waals surface area (Å²) < 4.78 is 39.8. The molecular formula is C23H22N4O6S2. The first kappa shape index (κ1) is 24.5. The highest BCUT2D eigenvalue weighted by atomic mass is 32.3. The molecule has 2 aromatic rings. The van der Waals surface area contributed by atoms with Crippen LogP contribution in [0, 0.1) is 5.41 Å². The van der Waals surface area contributed by atoms with E-state index in [0.717, 1.165) is 34.5 Å². The van der Waals surface area contributed by atoms with E-state index in [2.05, 4.69) is 10.1 Å². The fraction of sp³-hybridized carbons (Fsp3) is 0.217. The van der Waals surface area contributed by atoms with E-state index in [1.54, 1.807) is 31.4 Å². The van der Waals surface area contributed by atoms with Crippen LogP contribution in [-0.4, -0.2) is 61.3 Å². The Kier molecular flexibility index (Phi) is 7.22. The molecule has 182 valence electrons. The molecule has 0 aliphatic carbocycles. The number of rotatable bonds is 8. The monoisotopic (exact) mass is 514 g/mol. The van der Waals surface area contributed by atoms with Crippen LogP contribution in [0.3, 0.4) is 0 Å². The maximum Gasteiger partial charge on any atom is 0.283 e. The number of hydrogen-bond acceptors (Lipinski definition) is 9. The number of benzene rings is 2. The molecule has 1 N–H and O–H groups in total. The highest BCUT2D eigenvalue weighted by Crippen LogP contribution is 2.30. The van der Waals surface area contributed by atoms with Gasteiger partial charge in [0.25, 0.3) is 5.91 Å². The Morgan fingerprint density at radius 3 is 2.14 bits per heavy atom. The molecular weight excluding hydrogens is 492 g/mol. The van der Waals surface area contributed by atoms with Crippen molar-refractivity contribution in [3.05, 3.63) is 59.7 Å². The van der Waals surface area contributed by atoms with Gasteiger partial charge in [0.15, 0.2) is 5.84 Å². The number of methoxy groups -OCH3 is 1. The van der Waals surface area contributed by atoms with Crippen LogP contribution in [0.1, 0.15) is 12.0 Å². The third-order valence-corrected chi connectivity index (χ3v) is 7.41. The molecule has 0 spiro atoms. The Bertz CT molecular complexity index is 1330. The van der Waals surface area contributed by atoms with Gasteiger partial charge in [0.1, 0.15) is 17.2 Å². The minimum Gasteiger partial charge on any atom is -0.497 e. The summed E-state index contributed by atoms with van der Waals surface area (Å²) in [6.07, 6.45) is 3.21.